The van der Waals surface area contributed by atoms with Crippen LogP contribution in [0.5, 0.6) is 0 Å². The van der Waals surface area contributed by atoms with Crippen molar-refractivity contribution >= 4 is 41.0 Å². The molecule has 0 fully saturated rings. The first-order chi connectivity index (χ1) is 12.1. The molecule has 0 aromatic heterocycles. The van der Waals surface area contributed by atoms with E-state index in [9.17, 15) is 9.18 Å². The van der Waals surface area contributed by atoms with Crippen LogP contribution >= 0.6 is 0 Å². The van der Waals surface area contributed by atoms with Gasteiger partial charge in [-0.25, -0.2) is 4.39 Å². The summed E-state index contributed by atoms with van der Waals surface area (Å²) >= 11 is 0. The van der Waals surface area contributed by atoms with E-state index in [-0.39, 0.29) is 30.0 Å². The first-order valence-corrected chi connectivity index (χ1v) is 7.62. The number of carbonyl (C=O) groups excluding carboxylic acids is 1. The van der Waals surface area contributed by atoms with Crippen LogP contribution in [0.2, 0.25) is 0 Å². The molecule has 0 unspecified atom stereocenters. The Bertz CT molecular complexity index is 828. The van der Waals surface area contributed by atoms with Gasteiger partial charge in [0.1, 0.15) is 11.5 Å². The van der Waals surface area contributed by atoms with Gasteiger partial charge in [-0.05, 0) is 24.3 Å². The number of para-hydroxylation sites is 2. The van der Waals surface area contributed by atoms with E-state index in [0.717, 1.165) is 6.21 Å². The van der Waals surface area contributed by atoms with E-state index in [0.29, 0.717) is 5.69 Å². The van der Waals surface area contributed by atoms with Crippen molar-refractivity contribution in [2.75, 3.05) is 0 Å². The molecule has 126 valence electrons. The normalized spacial score (nSPS) is 11.5. The first kappa shape index (κ1) is 18.1. The predicted molar refractivity (Wildman–Crippen MR) is 98.8 cm³/mol. The van der Waals surface area contributed by atoms with Crippen molar-refractivity contribution in [1.29, 1.82) is 10.8 Å². The van der Waals surface area contributed by atoms with Gasteiger partial charge in [0.2, 0.25) is 0 Å². The summed E-state index contributed by atoms with van der Waals surface area (Å²) < 4.78 is 13.5. The van der Waals surface area contributed by atoms with E-state index < -0.39 is 11.6 Å². The Hall–Kier alpha value is -3.28. The van der Waals surface area contributed by atoms with E-state index >= 15 is 0 Å². The number of carbonyl (C=O) groups is 1. The Morgan fingerprint density at radius 3 is 2.40 bits per heavy atom. The highest BCUT2D eigenvalue weighted by molar-refractivity contribution is 6.68. The second-order valence-corrected chi connectivity index (χ2v) is 5.07. The van der Waals surface area contributed by atoms with Gasteiger partial charge in [-0.15, -0.1) is 0 Å². The fourth-order valence-corrected chi connectivity index (χ4v) is 2.00. The number of nitrogens with zero attached hydrogens (tertiary/aromatic N) is 2. The van der Waals surface area contributed by atoms with Crippen LogP contribution in [-0.2, 0) is 4.79 Å². The summed E-state index contributed by atoms with van der Waals surface area (Å²) in [6, 6.07) is 14.9. The van der Waals surface area contributed by atoms with Crippen LogP contribution in [0.4, 0.5) is 15.8 Å². The Morgan fingerprint density at radius 1 is 1.04 bits per heavy atom. The standard InChI is InChI=1S/C19H17FN4O/c20-15-8-4-5-9-16(15)23-13-11-18(25)19(22)17(10-12-21)24-14-6-2-1-3-7-14/h1-9,12-13,21-22H,10-11H2. The van der Waals surface area contributed by atoms with Gasteiger partial charge in [0.25, 0.3) is 0 Å². The highest BCUT2D eigenvalue weighted by Crippen LogP contribution is 2.15. The van der Waals surface area contributed by atoms with Crippen molar-refractivity contribution in [1.82, 2.24) is 0 Å². The maximum absolute atomic E-state index is 13.5. The van der Waals surface area contributed by atoms with E-state index in [1.165, 1.54) is 18.3 Å². The molecule has 0 heterocycles. The molecule has 0 spiro atoms. The molecule has 0 saturated carbocycles. The minimum absolute atomic E-state index is 0.0872. The molecule has 2 N–H and O–H groups in total. The molecule has 0 atom stereocenters. The minimum atomic E-state index is -0.489. The van der Waals surface area contributed by atoms with E-state index in [1.54, 1.807) is 36.4 Å². The van der Waals surface area contributed by atoms with Crippen LogP contribution in [0, 0.1) is 16.6 Å². The smallest absolute Gasteiger partial charge is 0.187 e. The fourth-order valence-electron chi connectivity index (χ4n) is 2.00. The second kappa shape index (κ2) is 9.12. The lowest BCUT2D eigenvalue weighted by Gasteiger charge is -2.04. The van der Waals surface area contributed by atoms with Crippen LogP contribution in [0.1, 0.15) is 12.8 Å². The molecule has 2 aromatic rings. The average molecular weight is 336 g/mol. The van der Waals surface area contributed by atoms with Crippen LogP contribution in [0.25, 0.3) is 0 Å². The third-order valence-electron chi connectivity index (χ3n) is 3.24. The molecule has 0 aliphatic heterocycles. The van der Waals surface area contributed by atoms with E-state index in [4.69, 9.17) is 10.8 Å². The van der Waals surface area contributed by atoms with E-state index in [1.807, 2.05) is 6.07 Å². The maximum Gasteiger partial charge on any atom is 0.187 e. The average Bonchev–Trinajstić information content (AvgIpc) is 2.63. The van der Waals surface area contributed by atoms with Crippen LogP contribution < -0.4 is 0 Å². The monoisotopic (exact) mass is 336 g/mol. The Labute approximate surface area is 145 Å². The van der Waals surface area contributed by atoms with Gasteiger partial charge in [0.15, 0.2) is 5.78 Å². The Balaban J connectivity index is 2.08. The quantitative estimate of drug-likeness (QED) is 0.691. The zero-order valence-corrected chi connectivity index (χ0v) is 13.4. The topological polar surface area (TPSA) is 89.5 Å². The van der Waals surface area contributed by atoms with Crippen LogP contribution in [-0.4, -0.2) is 29.6 Å². The van der Waals surface area contributed by atoms with Crippen molar-refractivity contribution < 1.29 is 9.18 Å². The van der Waals surface area contributed by atoms with Crippen LogP contribution in [0.3, 0.4) is 0 Å². The summed E-state index contributed by atoms with van der Waals surface area (Å²) in [5.41, 5.74) is 0.689. The van der Waals surface area contributed by atoms with Crippen molar-refractivity contribution in [3.63, 3.8) is 0 Å². The molecule has 0 bridgehead atoms. The summed E-state index contributed by atoms with van der Waals surface area (Å²) in [5, 5.41) is 15.2. The van der Waals surface area contributed by atoms with Gasteiger partial charge >= 0.3 is 0 Å². The number of hydrogen-bond acceptors (Lipinski definition) is 5. The summed E-state index contributed by atoms with van der Waals surface area (Å²) in [6.45, 7) is 0. The second-order valence-electron chi connectivity index (χ2n) is 5.07. The summed E-state index contributed by atoms with van der Waals surface area (Å²) in [6.07, 6.45) is 2.32. The number of ketones is 1. The molecule has 0 amide bonds. The fraction of sp³-hybridized carbons (Fsp3) is 0.105. The molecular weight excluding hydrogens is 319 g/mol. The van der Waals surface area contributed by atoms with Crippen molar-refractivity contribution in [2.24, 2.45) is 9.98 Å². The van der Waals surface area contributed by atoms with Crippen LogP contribution in [0.15, 0.2) is 64.6 Å². The lowest BCUT2D eigenvalue weighted by Crippen LogP contribution is -2.23. The number of hydrogen-bond donors (Lipinski definition) is 2. The van der Waals surface area contributed by atoms with E-state index in [2.05, 4.69) is 9.98 Å². The molecule has 25 heavy (non-hydrogen) atoms. The minimum Gasteiger partial charge on any atom is -0.313 e. The maximum atomic E-state index is 13.5. The molecular formula is C19H17FN4O. The highest BCUT2D eigenvalue weighted by atomic mass is 19.1. The SMILES string of the molecule is N=CCC(=Nc1ccccc1)C(=N)C(=O)CC=Nc1ccccc1F. The summed E-state index contributed by atoms with van der Waals surface area (Å²) in [5.74, 6) is -0.965. The van der Waals surface area contributed by atoms with Gasteiger partial charge in [-0.1, -0.05) is 30.3 Å². The number of nitrogens with one attached hydrogen (secondary N) is 2. The molecule has 0 aliphatic carbocycles. The first-order valence-electron chi connectivity index (χ1n) is 7.62. The zero-order valence-electron chi connectivity index (χ0n) is 13.4. The van der Waals surface area contributed by atoms with Crippen molar-refractivity contribution in [3.8, 4) is 0 Å². The lowest BCUT2D eigenvalue weighted by molar-refractivity contribution is -0.111. The molecule has 2 aromatic carbocycles. The summed E-state index contributed by atoms with van der Waals surface area (Å²) in [4.78, 5) is 20.3. The Kier molecular flexibility index (Phi) is 6.59. The highest BCUT2D eigenvalue weighted by Gasteiger charge is 2.14. The van der Waals surface area contributed by atoms with Crippen molar-refractivity contribution in [3.05, 3.63) is 60.4 Å². The number of halogens is 1. The zero-order chi connectivity index (χ0) is 18.1. The van der Waals surface area contributed by atoms with Gasteiger partial charge in [-0.2, -0.15) is 0 Å². The molecule has 6 heteroatoms. The third-order valence-corrected chi connectivity index (χ3v) is 3.24. The predicted octanol–water partition coefficient (Wildman–Crippen LogP) is 4.32. The van der Waals surface area contributed by atoms with Gasteiger partial charge in [0, 0.05) is 25.3 Å². The molecule has 0 aliphatic rings. The lowest BCUT2D eigenvalue weighted by atomic mass is 10.1. The van der Waals surface area contributed by atoms with Gasteiger partial charge in [0.05, 0.1) is 17.1 Å². The van der Waals surface area contributed by atoms with Gasteiger partial charge < -0.3 is 5.41 Å². The number of rotatable bonds is 8. The molecule has 0 saturated heterocycles. The third kappa shape index (κ3) is 5.39. The van der Waals surface area contributed by atoms with Crippen molar-refractivity contribution in [2.45, 2.75) is 12.8 Å². The number of aliphatic imine (C=N–C) groups is 2. The number of Topliss-reactive ketones (excluding diaryl/α,β-unsaturated/α-hetero) is 1. The van der Waals surface area contributed by atoms with Gasteiger partial charge in [-0.3, -0.25) is 20.2 Å². The Morgan fingerprint density at radius 2 is 1.72 bits per heavy atom. The molecule has 0 radical (unpaired) electrons. The molecule has 2 rings (SSSR count). The number of benzene rings is 2. The molecule has 5 nitrogen and oxygen atoms in total. The summed E-state index contributed by atoms with van der Waals surface area (Å²) in [7, 11) is 0. The largest absolute Gasteiger partial charge is 0.313 e.